The smallest absolute Gasteiger partial charge is 0.222 e. The number of carbonyl (C=O) groups excluding carboxylic acids is 1. The van der Waals surface area contributed by atoms with Crippen LogP contribution < -0.4 is 10.1 Å². The Morgan fingerprint density at radius 1 is 1.35 bits per heavy atom. The van der Waals surface area contributed by atoms with E-state index in [1.807, 2.05) is 18.0 Å². The van der Waals surface area contributed by atoms with Crippen LogP contribution in [0, 0.1) is 13.8 Å². The molecule has 4 nitrogen and oxygen atoms in total. The van der Waals surface area contributed by atoms with Gasteiger partial charge in [0.15, 0.2) is 0 Å². The second-order valence-corrected chi connectivity index (χ2v) is 6.14. The summed E-state index contributed by atoms with van der Waals surface area (Å²) in [5.41, 5.74) is 2.51. The molecule has 1 aliphatic heterocycles. The number of halogens is 1. The van der Waals surface area contributed by atoms with Crippen molar-refractivity contribution >= 4 is 18.3 Å². The van der Waals surface area contributed by atoms with E-state index >= 15 is 0 Å². The van der Waals surface area contributed by atoms with Crippen molar-refractivity contribution in [3.8, 4) is 5.75 Å². The van der Waals surface area contributed by atoms with E-state index in [1.165, 1.54) is 11.1 Å². The number of carbonyl (C=O) groups is 1. The van der Waals surface area contributed by atoms with Gasteiger partial charge in [-0.2, -0.15) is 0 Å². The van der Waals surface area contributed by atoms with E-state index in [4.69, 9.17) is 4.74 Å². The van der Waals surface area contributed by atoms with Crippen LogP contribution >= 0.6 is 12.4 Å². The lowest BCUT2D eigenvalue weighted by Crippen LogP contribution is -2.40. The largest absolute Gasteiger partial charge is 0.494 e. The third kappa shape index (κ3) is 5.70. The van der Waals surface area contributed by atoms with E-state index in [0.717, 1.165) is 38.1 Å². The highest BCUT2D eigenvalue weighted by atomic mass is 35.5. The minimum Gasteiger partial charge on any atom is -0.494 e. The molecule has 0 aliphatic carbocycles. The molecule has 1 aliphatic rings. The highest BCUT2D eigenvalue weighted by Crippen LogP contribution is 2.19. The molecule has 23 heavy (non-hydrogen) atoms. The molecule has 2 rings (SSSR count). The Morgan fingerprint density at radius 2 is 2.13 bits per heavy atom. The predicted octanol–water partition coefficient (Wildman–Crippen LogP) is 3.09. The zero-order valence-corrected chi connectivity index (χ0v) is 15.2. The lowest BCUT2D eigenvalue weighted by Gasteiger charge is -2.24. The van der Waals surface area contributed by atoms with Crippen LogP contribution in [0.3, 0.4) is 0 Å². The van der Waals surface area contributed by atoms with Crippen molar-refractivity contribution in [3.63, 3.8) is 0 Å². The number of aryl methyl sites for hydroxylation is 2. The van der Waals surface area contributed by atoms with E-state index < -0.39 is 0 Å². The molecule has 1 atom stereocenters. The van der Waals surface area contributed by atoms with E-state index in [2.05, 4.69) is 31.3 Å². The Hall–Kier alpha value is -1.26. The van der Waals surface area contributed by atoms with Crippen LogP contribution in [0.4, 0.5) is 0 Å². The number of hydrogen-bond donors (Lipinski definition) is 1. The number of rotatable bonds is 7. The molecule has 1 amide bonds. The van der Waals surface area contributed by atoms with Crippen molar-refractivity contribution in [1.82, 2.24) is 10.2 Å². The topological polar surface area (TPSA) is 41.6 Å². The first kappa shape index (κ1) is 19.8. The van der Waals surface area contributed by atoms with Gasteiger partial charge in [-0.15, -0.1) is 12.4 Å². The Kier molecular flexibility index (Phi) is 8.42. The van der Waals surface area contributed by atoms with Gasteiger partial charge in [-0.25, -0.2) is 0 Å². The van der Waals surface area contributed by atoms with E-state index in [1.54, 1.807) is 0 Å². The summed E-state index contributed by atoms with van der Waals surface area (Å²) in [4.78, 5) is 14.3. The first-order chi connectivity index (χ1) is 10.6. The van der Waals surface area contributed by atoms with Gasteiger partial charge in [-0.1, -0.05) is 6.07 Å². The van der Waals surface area contributed by atoms with Crippen molar-refractivity contribution in [3.05, 3.63) is 29.3 Å². The summed E-state index contributed by atoms with van der Waals surface area (Å²) in [7, 11) is 1.94. The van der Waals surface area contributed by atoms with Crippen LogP contribution in [-0.2, 0) is 4.79 Å². The number of nitrogens with zero attached hydrogens (tertiary/aromatic N) is 1. The molecule has 1 unspecified atom stereocenters. The second kappa shape index (κ2) is 9.78. The molecule has 0 bridgehead atoms. The Labute approximate surface area is 146 Å². The number of nitrogens with one attached hydrogen (secondary N) is 1. The Morgan fingerprint density at radius 3 is 2.83 bits per heavy atom. The van der Waals surface area contributed by atoms with Gasteiger partial charge >= 0.3 is 0 Å². The number of likely N-dealkylation sites (tertiary alicyclic amines) is 1. The Bertz CT molecular complexity index is 508. The molecule has 0 aromatic heterocycles. The maximum Gasteiger partial charge on any atom is 0.222 e. The van der Waals surface area contributed by atoms with Gasteiger partial charge in [-0.3, -0.25) is 4.79 Å². The molecule has 1 fully saturated rings. The number of hydrogen-bond acceptors (Lipinski definition) is 3. The van der Waals surface area contributed by atoms with Crippen LogP contribution in [0.2, 0.25) is 0 Å². The molecule has 1 heterocycles. The summed E-state index contributed by atoms with van der Waals surface area (Å²) in [6.45, 7) is 6.57. The van der Waals surface area contributed by atoms with Crippen molar-refractivity contribution < 1.29 is 9.53 Å². The standard InChI is InChI=1S/C18H28N2O2.ClH/c1-14-8-9-17(12-15(14)2)22-11-5-7-18(21)20-10-4-6-16(20)13-19-3;/h8-9,12,16,19H,4-7,10-11,13H2,1-3H3;1H. The van der Waals surface area contributed by atoms with Gasteiger partial charge < -0.3 is 15.0 Å². The average Bonchev–Trinajstić information content (AvgIpc) is 2.96. The molecule has 0 saturated carbocycles. The van der Waals surface area contributed by atoms with Gasteiger partial charge in [0.2, 0.25) is 5.91 Å². The summed E-state index contributed by atoms with van der Waals surface area (Å²) in [5, 5.41) is 3.17. The van der Waals surface area contributed by atoms with Crippen molar-refractivity contribution in [1.29, 1.82) is 0 Å². The lowest BCUT2D eigenvalue weighted by molar-refractivity contribution is -0.132. The third-order valence-electron chi connectivity index (χ3n) is 4.42. The maximum absolute atomic E-state index is 12.3. The maximum atomic E-state index is 12.3. The van der Waals surface area contributed by atoms with Crippen molar-refractivity contribution in [2.75, 3.05) is 26.7 Å². The number of likely N-dealkylation sites (N-methyl/N-ethyl adjacent to an activating group) is 1. The number of benzene rings is 1. The minimum absolute atomic E-state index is 0. The number of ether oxygens (including phenoxy) is 1. The zero-order valence-electron chi connectivity index (χ0n) is 14.4. The third-order valence-corrected chi connectivity index (χ3v) is 4.42. The molecule has 1 N–H and O–H groups in total. The average molecular weight is 341 g/mol. The van der Waals surface area contributed by atoms with Crippen molar-refractivity contribution in [2.45, 2.75) is 45.6 Å². The van der Waals surface area contributed by atoms with Gasteiger partial charge in [0.05, 0.1) is 6.61 Å². The van der Waals surface area contributed by atoms with Crippen LogP contribution in [0.1, 0.15) is 36.8 Å². The zero-order chi connectivity index (χ0) is 15.9. The van der Waals surface area contributed by atoms with Crippen LogP contribution in [0.15, 0.2) is 18.2 Å². The lowest BCUT2D eigenvalue weighted by atomic mass is 10.1. The second-order valence-electron chi connectivity index (χ2n) is 6.14. The molecule has 130 valence electrons. The first-order valence-electron chi connectivity index (χ1n) is 8.26. The molecular weight excluding hydrogens is 312 g/mol. The molecule has 0 radical (unpaired) electrons. The molecule has 1 aromatic carbocycles. The Balaban J connectivity index is 0.00000264. The molecule has 5 heteroatoms. The summed E-state index contributed by atoms with van der Waals surface area (Å²) < 4.78 is 5.75. The predicted molar refractivity (Wildman–Crippen MR) is 96.6 cm³/mol. The summed E-state index contributed by atoms with van der Waals surface area (Å²) in [6.07, 6.45) is 3.59. The van der Waals surface area contributed by atoms with E-state index in [9.17, 15) is 4.79 Å². The van der Waals surface area contributed by atoms with Crippen LogP contribution in [-0.4, -0.2) is 43.6 Å². The highest BCUT2D eigenvalue weighted by Gasteiger charge is 2.27. The molecule has 0 spiro atoms. The molecule has 1 saturated heterocycles. The first-order valence-corrected chi connectivity index (χ1v) is 8.26. The van der Waals surface area contributed by atoms with Crippen LogP contribution in [0.5, 0.6) is 5.75 Å². The fourth-order valence-corrected chi connectivity index (χ4v) is 2.97. The van der Waals surface area contributed by atoms with Gasteiger partial charge in [0.1, 0.15) is 5.75 Å². The highest BCUT2D eigenvalue weighted by molar-refractivity contribution is 5.85. The molecular formula is C18H29ClN2O2. The van der Waals surface area contributed by atoms with E-state index in [-0.39, 0.29) is 18.3 Å². The van der Waals surface area contributed by atoms with Gasteiger partial charge in [-0.05, 0) is 63.4 Å². The quantitative estimate of drug-likeness (QED) is 0.775. The fraction of sp³-hybridized carbons (Fsp3) is 0.611. The fourth-order valence-electron chi connectivity index (χ4n) is 2.97. The van der Waals surface area contributed by atoms with Gasteiger partial charge in [0.25, 0.3) is 0 Å². The van der Waals surface area contributed by atoms with Crippen molar-refractivity contribution in [2.24, 2.45) is 0 Å². The van der Waals surface area contributed by atoms with E-state index in [0.29, 0.717) is 19.1 Å². The summed E-state index contributed by atoms with van der Waals surface area (Å²) >= 11 is 0. The normalized spacial score (nSPS) is 17.0. The minimum atomic E-state index is 0. The number of amides is 1. The molecule has 1 aromatic rings. The van der Waals surface area contributed by atoms with Crippen LogP contribution in [0.25, 0.3) is 0 Å². The monoisotopic (exact) mass is 340 g/mol. The SMILES string of the molecule is CNCC1CCCN1C(=O)CCCOc1ccc(C)c(C)c1.Cl. The summed E-state index contributed by atoms with van der Waals surface area (Å²) in [5.74, 6) is 1.16. The van der Waals surface area contributed by atoms with Gasteiger partial charge in [0, 0.05) is 25.6 Å². The summed E-state index contributed by atoms with van der Waals surface area (Å²) in [6, 6.07) is 6.49.